The van der Waals surface area contributed by atoms with E-state index in [9.17, 15) is 4.79 Å². The molecule has 0 unspecified atom stereocenters. The molecule has 3 rings (SSSR count). The average Bonchev–Trinajstić information content (AvgIpc) is 2.87. The first-order chi connectivity index (χ1) is 10.2. The molecule has 0 amide bonds. The summed E-state index contributed by atoms with van der Waals surface area (Å²) in [4.78, 5) is 16.8. The van der Waals surface area contributed by atoms with Crippen molar-refractivity contribution >= 4 is 11.0 Å². The molecule has 2 heterocycles. The molecule has 0 aliphatic carbocycles. The van der Waals surface area contributed by atoms with Crippen molar-refractivity contribution in [3.8, 4) is 0 Å². The summed E-state index contributed by atoms with van der Waals surface area (Å²) in [6.07, 6.45) is 3.13. The SMILES string of the molecule is Cc1cccc(Cn2cnc3c(cnn3CCN)c2=O)c1. The minimum absolute atomic E-state index is 0.0789. The number of benzene rings is 1. The van der Waals surface area contributed by atoms with Gasteiger partial charge in [-0.1, -0.05) is 29.8 Å². The van der Waals surface area contributed by atoms with Gasteiger partial charge in [-0.2, -0.15) is 5.10 Å². The molecule has 0 aliphatic rings. The highest BCUT2D eigenvalue weighted by molar-refractivity contribution is 5.72. The predicted molar refractivity (Wildman–Crippen MR) is 81.1 cm³/mol. The van der Waals surface area contributed by atoms with Gasteiger partial charge in [-0.05, 0) is 12.5 Å². The number of rotatable bonds is 4. The van der Waals surface area contributed by atoms with Crippen LogP contribution in [0, 0.1) is 6.92 Å². The number of aryl methyl sites for hydroxylation is 1. The van der Waals surface area contributed by atoms with E-state index < -0.39 is 0 Å². The topological polar surface area (TPSA) is 78.7 Å². The molecular weight excluding hydrogens is 266 g/mol. The van der Waals surface area contributed by atoms with Gasteiger partial charge in [0.1, 0.15) is 11.7 Å². The number of hydrogen-bond donors (Lipinski definition) is 1. The Labute approximate surface area is 121 Å². The summed E-state index contributed by atoms with van der Waals surface area (Å²) >= 11 is 0. The lowest BCUT2D eigenvalue weighted by molar-refractivity contribution is 0.637. The molecule has 0 atom stereocenters. The number of nitrogens with zero attached hydrogens (tertiary/aromatic N) is 4. The Morgan fingerprint density at radius 2 is 2.19 bits per heavy atom. The average molecular weight is 283 g/mol. The van der Waals surface area contributed by atoms with Gasteiger partial charge in [0.15, 0.2) is 5.65 Å². The monoisotopic (exact) mass is 283 g/mol. The van der Waals surface area contributed by atoms with Crippen LogP contribution in [0.5, 0.6) is 0 Å². The maximum Gasteiger partial charge on any atom is 0.264 e. The van der Waals surface area contributed by atoms with Crippen LogP contribution in [0.3, 0.4) is 0 Å². The molecule has 21 heavy (non-hydrogen) atoms. The zero-order valence-corrected chi connectivity index (χ0v) is 11.9. The van der Waals surface area contributed by atoms with Crippen molar-refractivity contribution in [2.24, 2.45) is 5.73 Å². The van der Waals surface area contributed by atoms with Gasteiger partial charge < -0.3 is 5.73 Å². The lowest BCUT2D eigenvalue weighted by atomic mass is 10.1. The van der Waals surface area contributed by atoms with E-state index in [4.69, 9.17) is 5.73 Å². The van der Waals surface area contributed by atoms with Crippen LogP contribution in [0.2, 0.25) is 0 Å². The predicted octanol–water partition coefficient (Wildman–Crippen LogP) is 0.908. The Balaban J connectivity index is 2.01. The molecule has 2 N–H and O–H groups in total. The van der Waals surface area contributed by atoms with Crippen molar-refractivity contribution in [2.45, 2.75) is 20.0 Å². The standard InChI is InChI=1S/C15H17N5O/c1-11-3-2-4-12(7-11)9-19-10-17-14-13(15(19)21)8-18-20(14)6-5-16/h2-4,7-8,10H,5-6,9,16H2,1H3. The highest BCUT2D eigenvalue weighted by atomic mass is 16.1. The van der Waals surface area contributed by atoms with Gasteiger partial charge >= 0.3 is 0 Å². The van der Waals surface area contributed by atoms with Gasteiger partial charge in [0, 0.05) is 6.54 Å². The summed E-state index contributed by atoms with van der Waals surface area (Å²) in [6.45, 7) is 3.55. The summed E-state index contributed by atoms with van der Waals surface area (Å²) in [5.74, 6) is 0. The van der Waals surface area contributed by atoms with Gasteiger partial charge in [-0.3, -0.25) is 9.36 Å². The highest BCUT2D eigenvalue weighted by Crippen LogP contribution is 2.08. The van der Waals surface area contributed by atoms with Gasteiger partial charge in [0.05, 0.1) is 19.3 Å². The Morgan fingerprint density at radius 1 is 1.33 bits per heavy atom. The van der Waals surface area contributed by atoms with Gasteiger partial charge in [0.25, 0.3) is 5.56 Å². The third-order valence-corrected chi connectivity index (χ3v) is 3.40. The second kappa shape index (κ2) is 5.49. The zero-order chi connectivity index (χ0) is 14.8. The number of fused-ring (bicyclic) bond motifs is 1. The van der Waals surface area contributed by atoms with Crippen molar-refractivity contribution in [3.05, 3.63) is 58.3 Å². The van der Waals surface area contributed by atoms with E-state index in [1.807, 2.05) is 25.1 Å². The number of hydrogen-bond acceptors (Lipinski definition) is 4. The van der Waals surface area contributed by atoms with Gasteiger partial charge in [-0.15, -0.1) is 0 Å². The zero-order valence-electron chi connectivity index (χ0n) is 11.9. The molecular formula is C15H17N5O. The second-order valence-electron chi connectivity index (χ2n) is 5.06. The largest absolute Gasteiger partial charge is 0.329 e. The third-order valence-electron chi connectivity index (χ3n) is 3.40. The van der Waals surface area contributed by atoms with Gasteiger partial charge in [-0.25, -0.2) is 9.67 Å². The minimum Gasteiger partial charge on any atom is -0.329 e. The molecule has 0 aliphatic heterocycles. The molecule has 0 saturated carbocycles. The van der Waals surface area contributed by atoms with Crippen LogP contribution in [-0.2, 0) is 13.1 Å². The Kier molecular flexibility index (Phi) is 3.53. The Bertz CT molecular complexity index is 833. The number of aromatic nitrogens is 4. The fraction of sp³-hybridized carbons (Fsp3) is 0.267. The van der Waals surface area contributed by atoms with E-state index in [1.165, 1.54) is 5.56 Å². The van der Waals surface area contributed by atoms with Crippen LogP contribution in [0.15, 0.2) is 41.6 Å². The summed E-state index contributed by atoms with van der Waals surface area (Å²) < 4.78 is 3.26. The normalized spacial score (nSPS) is 11.1. The van der Waals surface area contributed by atoms with E-state index in [0.29, 0.717) is 30.7 Å². The van der Waals surface area contributed by atoms with Crippen LogP contribution in [-0.4, -0.2) is 25.9 Å². The van der Waals surface area contributed by atoms with Crippen molar-refractivity contribution in [1.29, 1.82) is 0 Å². The maximum absolute atomic E-state index is 12.5. The quantitative estimate of drug-likeness (QED) is 0.772. The van der Waals surface area contributed by atoms with Crippen LogP contribution < -0.4 is 11.3 Å². The Morgan fingerprint density at radius 3 is 2.95 bits per heavy atom. The van der Waals surface area contributed by atoms with Crippen LogP contribution in [0.4, 0.5) is 0 Å². The van der Waals surface area contributed by atoms with Crippen LogP contribution >= 0.6 is 0 Å². The maximum atomic E-state index is 12.5. The summed E-state index contributed by atoms with van der Waals surface area (Å²) in [5, 5.41) is 4.70. The third kappa shape index (κ3) is 2.57. The molecule has 1 aromatic carbocycles. The van der Waals surface area contributed by atoms with Crippen LogP contribution in [0.1, 0.15) is 11.1 Å². The molecule has 108 valence electrons. The van der Waals surface area contributed by atoms with Crippen molar-refractivity contribution in [1.82, 2.24) is 19.3 Å². The molecule has 6 heteroatoms. The van der Waals surface area contributed by atoms with E-state index in [2.05, 4.69) is 16.1 Å². The van der Waals surface area contributed by atoms with E-state index in [0.717, 1.165) is 5.56 Å². The van der Waals surface area contributed by atoms with E-state index in [1.54, 1.807) is 21.8 Å². The first-order valence-corrected chi connectivity index (χ1v) is 6.85. The smallest absolute Gasteiger partial charge is 0.264 e. The first-order valence-electron chi connectivity index (χ1n) is 6.85. The molecule has 0 radical (unpaired) electrons. The molecule has 6 nitrogen and oxygen atoms in total. The lowest BCUT2D eigenvalue weighted by Gasteiger charge is -2.06. The number of nitrogens with two attached hydrogens (primary N) is 1. The second-order valence-corrected chi connectivity index (χ2v) is 5.06. The fourth-order valence-electron chi connectivity index (χ4n) is 2.40. The van der Waals surface area contributed by atoms with Crippen molar-refractivity contribution in [3.63, 3.8) is 0 Å². The van der Waals surface area contributed by atoms with E-state index >= 15 is 0 Å². The van der Waals surface area contributed by atoms with Crippen molar-refractivity contribution in [2.75, 3.05) is 6.54 Å². The lowest BCUT2D eigenvalue weighted by Crippen LogP contribution is -2.21. The minimum atomic E-state index is -0.0789. The van der Waals surface area contributed by atoms with E-state index in [-0.39, 0.29) is 5.56 Å². The summed E-state index contributed by atoms with van der Waals surface area (Å²) in [7, 11) is 0. The highest BCUT2D eigenvalue weighted by Gasteiger charge is 2.09. The Hall–Kier alpha value is -2.47. The summed E-state index contributed by atoms with van der Waals surface area (Å²) in [6, 6.07) is 8.08. The van der Waals surface area contributed by atoms with Crippen molar-refractivity contribution < 1.29 is 0 Å². The molecule has 0 fully saturated rings. The fourth-order valence-corrected chi connectivity index (χ4v) is 2.40. The first kappa shape index (κ1) is 13.5. The molecule has 0 bridgehead atoms. The summed E-state index contributed by atoms with van der Waals surface area (Å²) in [5.41, 5.74) is 8.28. The molecule has 2 aromatic heterocycles. The molecule has 0 saturated heterocycles. The molecule has 3 aromatic rings. The van der Waals surface area contributed by atoms with Crippen LogP contribution in [0.25, 0.3) is 11.0 Å². The van der Waals surface area contributed by atoms with Gasteiger partial charge in [0.2, 0.25) is 0 Å². The molecule has 0 spiro atoms.